The predicted molar refractivity (Wildman–Crippen MR) is 139 cm³/mol. The molecule has 0 aromatic heterocycles. The van der Waals surface area contributed by atoms with Crippen LogP contribution in [-0.4, -0.2) is 52.8 Å². The fourth-order valence-electron chi connectivity index (χ4n) is 4.69. The minimum atomic E-state index is -1.04. The molecule has 0 aliphatic rings. The molecule has 6 heteroatoms. The molecule has 0 aliphatic heterocycles. The number of carbonyl (C=O) groups is 2. The number of hydrogen-bond acceptors (Lipinski definition) is 4. The lowest BCUT2D eigenvalue weighted by Crippen LogP contribution is -2.34. The van der Waals surface area contributed by atoms with E-state index in [0.717, 1.165) is 35.3 Å². The Bertz CT molecular complexity index is 1040. The first kappa shape index (κ1) is 28.4. The Balaban J connectivity index is 2.40. The second-order valence-electron chi connectivity index (χ2n) is 9.57. The number of nitrogens with zero attached hydrogens (tertiary/aromatic N) is 1. The number of ether oxygens (including phenoxy) is 1. The zero-order chi connectivity index (χ0) is 26.4. The largest absolute Gasteiger partial charge is 0.490 e. The lowest BCUT2D eigenvalue weighted by Gasteiger charge is -2.34. The normalized spacial score (nSPS) is 11.9. The maximum atomic E-state index is 12.8. The maximum Gasteiger partial charge on any atom is 0.323 e. The summed E-state index contributed by atoms with van der Waals surface area (Å²) in [6.07, 6.45) is 3.03. The van der Waals surface area contributed by atoms with E-state index in [4.69, 9.17) is 9.84 Å². The first-order valence-electron chi connectivity index (χ1n) is 12.5. The highest BCUT2D eigenvalue weighted by atomic mass is 16.5. The molecule has 0 radical (unpaired) electrons. The van der Waals surface area contributed by atoms with Crippen LogP contribution in [0.5, 0.6) is 5.75 Å². The van der Waals surface area contributed by atoms with Gasteiger partial charge in [-0.15, -0.1) is 0 Å². The number of aryl methyl sites for hydroxylation is 2. The number of benzene rings is 2. The van der Waals surface area contributed by atoms with Crippen molar-refractivity contribution < 1.29 is 24.5 Å². The van der Waals surface area contributed by atoms with E-state index in [-0.39, 0.29) is 24.5 Å². The topological polar surface area (TPSA) is 87.1 Å². The standard InChI is InChI=1S/C29H41NO5/c1-8-28(34,9-2)19-35-25-15-13-23(17-21(25)6)29(10-3,11-4)22-12-14-24(20(5)16-22)27(33)30(7)18-26(31)32/h12-17,34H,8-11,18-19H2,1-7H3,(H,31,32). The van der Waals surface area contributed by atoms with E-state index in [2.05, 4.69) is 32.0 Å². The van der Waals surface area contributed by atoms with Crippen LogP contribution in [0.4, 0.5) is 0 Å². The number of likely N-dealkylation sites (N-methyl/N-ethyl adjacent to an activating group) is 1. The molecule has 2 N–H and O–H groups in total. The molecule has 0 heterocycles. The van der Waals surface area contributed by atoms with Crippen molar-refractivity contribution in [1.29, 1.82) is 0 Å². The number of rotatable bonds is 12. The van der Waals surface area contributed by atoms with Crippen LogP contribution in [0.2, 0.25) is 0 Å². The Hall–Kier alpha value is -2.86. The van der Waals surface area contributed by atoms with Crippen molar-refractivity contribution in [3.63, 3.8) is 0 Å². The molecule has 0 aliphatic carbocycles. The third-order valence-electron chi connectivity index (χ3n) is 7.48. The molecule has 192 valence electrons. The molecular formula is C29H41NO5. The highest BCUT2D eigenvalue weighted by Crippen LogP contribution is 2.41. The van der Waals surface area contributed by atoms with Crippen molar-refractivity contribution in [2.24, 2.45) is 0 Å². The summed E-state index contributed by atoms with van der Waals surface area (Å²) in [5, 5.41) is 19.6. The number of carboxylic acids is 1. The highest BCUT2D eigenvalue weighted by Gasteiger charge is 2.32. The van der Waals surface area contributed by atoms with Crippen LogP contribution >= 0.6 is 0 Å². The Morgan fingerprint density at radius 1 is 0.886 bits per heavy atom. The van der Waals surface area contributed by atoms with Gasteiger partial charge < -0.3 is 19.8 Å². The van der Waals surface area contributed by atoms with Crippen LogP contribution in [0.1, 0.15) is 86.0 Å². The average Bonchev–Trinajstić information content (AvgIpc) is 2.83. The summed E-state index contributed by atoms with van der Waals surface area (Å²) in [7, 11) is 1.50. The SMILES string of the molecule is CCC(O)(CC)COc1ccc(C(CC)(CC)c2ccc(C(=O)N(C)CC(=O)O)c(C)c2)cc1C. The molecule has 2 aromatic rings. The first-order valence-corrected chi connectivity index (χ1v) is 12.5. The van der Waals surface area contributed by atoms with Crippen molar-refractivity contribution >= 4 is 11.9 Å². The van der Waals surface area contributed by atoms with Gasteiger partial charge in [-0.2, -0.15) is 0 Å². The first-order chi connectivity index (χ1) is 16.5. The average molecular weight is 484 g/mol. The zero-order valence-corrected chi connectivity index (χ0v) is 22.3. The molecule has 0 spiro atoms. The van der Waals surface area contributed by atoms with Crippen molar-refractivity contribution in [2.45, 2.75) is 78.2 Å². The smallest absolute Gasteiger partial charge is 0.323 e. The van der Waals surface area contributed by atoms with Crippen LogP contribution in [0, 0.1) is 13.8 Å². The molecule has 0 saturated heterocycles. The highest BCUT2D eigenvalue weighted by molar-refractivity contribution is 5.97. The summed E-state index contributed by atoms with van der Waals surface area (Å²) in [4.78, 5) is 25.0. The number of carboxylic acid groups (broad SMARTS) is 1. The van der Waals surface area contributed by atoms with Gasteiger partial charge >= 0.3 is 5.97 Å². The fourth-order valence-corrected chi connectivity index (χ4v) is 4.69. The number of hydrogen-bond donors (Lipinski definition) is 2. The minimum Gasteiger partial charge on any atom is -0.490 e. The van der Waals surface area contributed by atoms with Crippen LogP contribution < -0.4 is 4.74 Å². The second kappa shape index (κ2) is 11.7. The molecule has 2 rings (SSSR count). The number of aliphatic carboxylic acids is 1. The van der Waals surface area contributed by atoms with E-state index in [9.17, 15) is 14.7 Å². The number of amides is 1. The van der Waals surface area contributed by atoms with E-state index in [1.54, 1.807) is 0 Å². The third-order valence-corrected chi connectivity index (χ3v) is 7.48. The molecular weight excluding hydrogens is 442 g/mol. The van der Waals surface area contributed by atoms with E-state index in [1.807, 2.05) is 45.9 Å². The number of aliphatic hydroxyl groups is 1. The van der Waals surface area contributed by atoms with Gasteiger partial charge in [0.05, 0.1) is 5.60 Å². The summed E-state index contributed by atoms with van der Waals surface area (Å²) in [5.41, 5.74) is 3.59. The summed E-state index contributed by atoms with van der Waals surface area (Å²) < 4.78 is 6.00. The van der Waals surface area contributed by atoms with Crippen LogP contribution in [-0.2, 0) is 10.2 Å². The Labute approximate surface area is 209 Å². The predicted octanol–water partition coefficient (Wildman–Crippen LogP) is 5.50. The monoisotopic (exact) mass is 483 g/mol. The summed E-state index contributed by atoms with van der Waals surface area (Å²) >= 11 is 0. The van der Waals surface area contributed by atoms with Crippen molar-refractivity contribution in [3.8, 4) is 5.75 Å². The lowest BCUT2D eigenvalue weighted by molar-refractivity contribution is -0.137. The molecule has 2 aromatic carbocycles. The second-order valence-corrected chi connectivity index (χ2v) is 9.57. The van der Waals surface area contributed by atoms with Gasteiger partial charge in [0.2, 0.25) is 0 Å². The zero-order valence-electron chi connectivity index (χ0n) is 22.3. The van der Waals surface area contributed by atoms with Crippen LogP contribution in [0.15, 0.2) is 36.4 Å². The number of carbonyl (C=O) groups excluding carboxylic acids is 1. The minimum absolute atomic E-state index is 0.240. The van der Waals surface area contributed by atoms with Gasteiger partial charge in [-0.1, -0.05) is 52.0 Å². The quantitative estimate of drug-likeness (QED) is 0.416. The Morgan fingerprint density at radius 2 is 1.43 bits per heavy atom. The van der Waals surface area contributed by atoms with Crippen LogP contribution in [0.3, 0.4) is 0 Å². The van der Waals surface area contributed by atoms with E-state index < -0.39 is 11.6 Å². The van der Waals surface area contributed by atoms with E-state index >= 15 is 0 Å². The molecule has 0 atom stereocenters. The van der Waals surface area contributed by atoms with E-state index in [1.165, 1.54) is 17.5 Å². The third kappa shape index (κ3) is 6.23. The van der Waals surface area contributed by atoms with Crippen molar-refractivity contribution in [1.82, 2.24) is 4.90 Å². The van der Waals surface area contributed by atoms with Gasteiger partial charge in [0.25, 0.3) is 5.91 Å². The molecule has 1 amide bonds. The summed E-state index contributed by atoms with van der Waals surface area (Å²) in [6, 6.07) is 12.1. The Morgan fingerprint density at radius 3 is 1.89 bits per heavy atom. The van der Waals surface area contributed by atoms with Gasteiger partial charge in [-0.25, -0.2) is 0 Å². The molecule has 6 nitrogen and oxygen atoms in total. The van der Waals surface area contributed by atoms with Gasteiger partial charge in [0.1, 0.15) is 18.9 Å². The summed E-state index contributed by atoms with van der Waals surface area (Å²) in [6.45, 7) is 12.1. The molecule has 0 fully saturated rings. The van der Waals surface area contributed by atoms with Gasteiger partial charge in [-0.05, 0) is 73.9 Å². The lowest BCUT2D eigenvalue weighted by atomic mass is 9.70. The molecule has 0 saturated carbocycles. The van der Waals surface area contributed by atoms with Crippen LogP contribution in [0.25, 0.3) is 0 Å². The van der Waals surface area contributed by atoms with Gasteiger partial charge in [-0.3, -0.25) is 9.59 Å². The Kier molecular flexibility index (Phi) is 9.50. The summed E-state index contributed by atoms with van der Waals surface area (Å²) in [5.74, 6) is -0.566. The maximum absolute atomic E-state index is 12.8. The van der Waals surface area contributed by atoms with Gasteiger partial charge in [0, 0.05) is 18.0 Å². The van der Waals surface area contributed by atoms with Crippen molar-refractivity contribution in [2.75, 3.05) is 20.2 Å². The molecule has 0 unspecified atom stereocenters. The van der Waals surface area contributed by atoms with Crippen molar-refractivity contribution in [3.05, 3.63) is 64.2 Å². The molecule has 35 heavy (non-hydrogen) atoms. The van der Waals surface area contributed by atoms with Gasteiger partial charge in [0.15, 0.2) is 0 Å². The fraction of sp³-hybridized carbons (Fsp3) is 0.517. The van der Waals surface area contributed by atoms with E-state index in [0.29, 0.717) is 18.4 Å². The molecule has 0 bridgehead atoms.